The Labute approximate surface area is 95.1 Å². The Balaban J connectivity index is 2.33. The average Bonchev–Trinajstić information content (AvgIpc) is 2.31. The van der Waals surface area contributed by atoms with Crippen LogP contribution in [-0.2, 0) is 5.54 Å². The standard InChI is InChI=1S/C12H13ClN2/c1-14-12(6-8-15-9-7-12)10-2-4-11(13)5-3-10/h2-5,15H,6-9H2. The number of hydrogen-bond donors (Lipinski definition) is 1. The molecule has 0 saturated carbocycles. The molecule has 1 heterocycles. The largest absolute Gasteiger partial charge is 0.316 e. The van der Waals surface area contributed by atoms with E-state index in [2.05, 4.69) is 10.2 Å². The van der Waals surface area contributed by atoms with Gasteiger partial charge in [0.1, 0.15) is 0 Å². The lowest BCUT2D eigenvalue weighted by Crippen LogP contribution is -2.37. The first kappa shape index (κ1) is 10.5. The molecule has 2 nitrogen and oxygen atoms in total. The fraction of sp³-hybridized carbons (Fsp3) is 0.417. The summed E-state index contributed by atoms with van der Waals surface area (Å²) in [5.41, 5.74) is 0.777. The maximum atomic E-state index is 7.40. The van der Waals surface area contributed by atoms with Crippen LogP contribution in [0.2, 0.25) is 5.02 Å². The van der Waals surface area contributed by atoms with Gasteiger partial charge >= 0.3 is 0 Å². The van der Waals surface area contributed by atoms with E-state index in [0.717, 1.165) is 36.5 Å². The molecule has 0 aromatic heterocycles. The smallest absolute Gasteiger partial charge is 0.259 e. The van der Waals surface area contributed by atoms with Crippen LogP contribution < -0.4 is 5.32 Å². The number of rotatable bonds is 1. The lowest BCUT2D eigenvalue weighted by Gasteiger charge is -2.27. The Bertz CT molecular complexity index is 372. The number of nitrogens with one attached hydrogen (secondary N) is 1. The summed E-state index contributed by atoms with van der Waals surface area (Å²) in [6, 6.07) is 7.69. The quantitative estimate of drug-likeness (QED) is 0.720. The van der Waals surface area contributed by atoms with Crippen LogP contribution in [0, 0.1) is 6.57 Å². The Hall–Kier alpha value is -1.04. The second-order valence-electron chi connectivity index (χ2n) is 3.90. The van der Waals surface area contributed by atoms with E-state index in [4.69, 9.17) is 18.2 Å². The van der Waals surface area contributed by atoms with Gasteiger partial charge in [0.25, 0.3) is 5.54 Å². The van der Waals surface area contributed by atoms with Crippen molar-refractivity contribution in [3.05, 3.63) is 46.3 Å². The molecule has 2 rings (SSSR count). The number of hydrogen-bond acceptors (Lipinski definition) is 1. The van der Waals surface area contributed by atoms with Gasteiger partial charge in [0.05, 0.1) is 0 Å². The van der Waals surface area contributed by atoms with Crippen LogP contribution in [0.4, 0.5) is 0 Å². The third-order valence-electron chi connectivity index (χ3n) is 3.03. The summed E-state index contributed by atoms with van der Waals surface area (Å²) >= 11 is 5.85. The summed E-state index contributed by atoms with van der Waals surface area (Å²) in [5, 5.41) is 4.02. The van der Waals surface area contributed by atoms with E-state index in [1.807, 2.05) is 24.3 Å². The van der Waals surface area contributed by atoms with E-state index < -0.39 is 0 Å². The summed E-state index contributed by atoms with van der Waals surface area (Å²) < 4.78 is 0. The second kappa shape index (κ2) is 4.22. The van der Waals surface area contributed by atoms with Crippen molar-refractivity contribution in [1.82, 2.24) is 5.32 Å². The predicted octanol–water partition coefficient (Wildman–Crippen LogP) is 2.84. The van der Waals surface area contributed by atoms with Gasteiger partial charge in [-0.25, -0.2) is 6.57 Å². The molecular weight excluding hydrogens is 208 g/mol. The number of halogens is 1. The van der Waals surface area contributed by atoms with Crippen molar-refractivity contribution in [3.8, 4) is 0 Å². The van der Waals surface area contributed by atoms with Crippen LogP contribution in [0.5, 0.6) is 0 Å². The van der Waals surface area contributed by atoms with Crippen molar-refractivity contribution in [1.29, 1.82) is 0 Å². The molecule has 15 heavy (non-hydrogen) atoms. The molecule has 1 N–H and O–H groups in total. The summed E-state index contributed by atoms with van der Waals surface area (Å²) in [7, 11) is 0. The zero-order valence-corrected chi connectivity index (χ0v) is 9.22. The van der Waals surface area contributed by atoms with Crippen molar-refractivity contribution in [2.75, 3.05) is 13.1 Å². The van der Waals surface area contributed by atoms with E-state index in [1.54, 1.807) is 0 Å². The molecule has 0 radical (unpaired) electrons. The van der Waals surface area contributed by atoms with Gasteiger partial charge in [0, 0.05) is 36.5 Å². The summed E-state index contributed by atoms with van der Waals surface area (Å²) in [6.45, 7) is 9.24. The molecule has 0 amide bonds. The first-order valence-electron chi connectivity index (χ1n) is 5.12. The Kier molecular flexibility index (Phi) is 2.95. The molecule has 0 spiro atoms. The Morgan fingerprint density at radius 3 is 2.33 bits per heavy atom. The van der Waals surface area contributed by atoms with Crippen LogP contribution in [0.15, 0.2) is 24.3 Å². The SMILES string of the molecule is [C-]#[N+]C1(c2ccc(Cl)cc2)CCNCC1. The highest BCUT2D eigenvalue weighted by molar-refractivity contribution is 6.30. The number of benzene rings is 1. The fourth-order valence-electron chi connectivity index (χ4n) is 2.07. The zero-order chi connectivity index (χ0) is 10.7. The lowest BCUT2D eigenvalue weighted by atomic mass is 9.82. The Morgan fingerprint density at radius 2 is 1.80 bits per heavy atom. The molecule has 78 valence electrons. The highest BCUT2D eigenvalue weighted by Crippen LogP contribution is 2.35. The second-order valence-corrected chi connectivity index (χ2v) is 4.34. The van der Waals surface area contributed by atoms with Crippen molar-refractivity contribution in [3.63, 3.8) is 0 Å². The van der Waals surface area contributed by atoms with Crippen molar-refractivity contribution >= 4 is 11.6 Å². The normalized spacial score (nSPS) is 19.5. The minimum Gasteiger partial charge on any atom is -0.316 e. The van der Waals surface area contributed by atoms with Gasteiger partial charge in [-0.3, -0.25) is 0 Å². The van der Waals surface area contributed by atoms with Gasteiger partial charge in [0.2, 0.25) is 0 Å². The number of piperidine rings is 1. The van der Waals surface area contributed by atoms with Crippen LogP contribution in [0.25, 0.3) is 4.85 Å². The van der Waals surface area contributed by atoms with Crippen LogP contribution in [0.3, 0.4) is 0 Å². The molecule has 1 aliphatic rings. The van der Waals surface area contributed by atoms with E-state index in [1.165, 1.54) is 0 Å². The van der Waals surface area contributed by atoms with Crippen molar-refractivity contribution < 1.29 is 0 Å². The van der Waals surface area contributed by atoms with Crippen molar-refractivity contribution in [2.24, 2.45) is 0 Å². The molecule has 1 aromatic carbocycles. The van der Waals surface area contributed by atoms with Gasteiger partial charge in [-0.1, -0.05) is 11.6 Å². The summed E-state index contributed by atoms with van der Waals surface area (Å²) in [5.74, 6) is 0. The van der Waals surface area contributed by atoms with E-state index in [9.17, 15) is 0 Å². The molecule has 1 fully saturated rings. The highest BCUT2D eigenvalue weighted by Gasteiger charge is 2.39. The third kappa shape index (κ3) is 1.99. The first-order chi connectivity index (χ1) is 7.27. The molecule has 0 aliphatic carbocycles. The molecule has 1 aromatic rings. The van der Waals surface area contributed by atoms with Gasteiger partial charge in [-0.15, -0.1) is 0 Å². The third-order valence-corrected chi connectivity index (χ3v) is 3.28. The van der Waals surface area contributed by atoms with E-state index >= 15 is 0 Å². The zero-order valence-electron chi connectivity index (χ0n) is 8.46. The number of nitrogens with zero attached hydrogens (tertiary/aromatic N) is 1. The summed E-state index contributed by atoms with van der Waals surface area (Å²) in [6.07, 6.45) is 1.77. The maximum absolute atomic E-state index is 7.40. The van der Waals surface area contributed by atoms with Crippen LogP contribution in [0.1, 0.15) is 18.4 Å². The molecule has 1 saturated heterocycles. The maximum Gasteiger partial charge on any atom is 0.259 e. The lowest BCUT2D eigenvalue weighted by molar-refractivity contribution is 0.370. The van der Waals surface area contributed by atoms with Gasteiger partial charge in [0.15, 0.2) is 0 Å². The van der Waals surface area contributed by atoms with Gasteiger partial charge < -0.3 is 10.2 Å². The van der Waals surface area contributed by atoms with Crippen molar-refractivity contribution in [2.45, 2.75) is 18.4 Å². The molecule has 0 unspecified atom stereocenters. The van der Waals surface area contributed by atoms with E-state index in [-0.39, 0.29) is 5.54 Å². The average molecular weight is 221 g/mol. The minimum absolute atomic E-state index is 0.324. The minimum atomic E-state index is -0.324. The monoisotopic (exact) mass is 220 g/mol. The van der Waals surface area contributed by atoms with Gasteiger partial charge in [-0.2, -0.15) is 0 Å². The van der Waals surface area contributed by atoms with E-state index in [0.29, 0.717) is 0 Å². The Morgan fingerprint density at radius 1 is 1.20 bits per heavy atom. The highest BCUT2D eigenvalue weighted by atomic mass is 35.5. The molecular formula is C12H13ClN2. The molecule has 0 atom stereocenters. The molecule has 3 heteroatoms. The van der Waals surface area contributed by atoms with Crippen LogP contribution >= 0.6 is 11.6 Å². The summed E-state index contributed by atoms with van der Waals surface area (Å²) in [4.78, 5) is 3.85. The van der Waals surface area contributed by atoms with Crippen LogP contribution in [-0.4, -0.2) is 13.1 Å². The molecule has 1 aliphatic heterocycles. The van der Waals surface area contributed by atoms with Gasteiger partial charge in [-0.05, 0) is 24.3 Å². The predicted molar refractivity (Wildman–Crippen MR) is 61.8 cm³/mol. The molecule has 0 bridgehead atoms. The first-order valence-corrected chi connectivity index (χ1v) is 5.50. The topological polar surface area (TPSA) is 16.4 Å². The fourth-order valence-corrected chi connectivity index (χ4v) is 2.19.